The van der Waals surface area contributed by atoms with Crippen molar-refractivity contribution in [1.29, 1.82) is 0 Å². The monoisotopic (exact) mass is 453 g/mol. The SMILES string of the molecule is O=C1CC(N(C(=O)c2cccc([N+](=O)[O-])c2)C2CCCCCC2)C(=O)N1c1ccc(F)cc1. The molecule has 0 aromatic heterocycles. The predicted octanol–water partition coefficient (Wildman–Crippen LogP) is 4.23. The molecule has 2 fully saturated rings. The van der Waals surface area contributed by atoms with Crippen LogP contribution in [0.1, 0.15) is 55.3 Å². The number of halogens is 1. The maximum atomic E-state index is 13.6. The molecule has 1 heterocycles. The molecule has 0 bridgehead atoms. The van der Waals surface area contributed by atoms with Crippen LogP contribution >= 0.6 is 0 Å². The fourth-order valence-electron chi connectivity index (χ4n) is 4.69. The summed E-state index contributed by atoms with van der Waals surface area (Å²) in [6.07, 6.45) is 5.01. The van der Waals surface area contributed by atoms with E-state index in [1.54, 1.807) is 0 Å². The van der Waals surface area contributed by atoms with Crippen molar-refractivity contribution >= 4 is 29.1 Å². The first-order valence-corrected chi connectivity index (χ1v) is 11.1. The summed E-state index contributed by atoms with van der Waals surface area (Å²) in [5.41, 5.74) is 0.134. The minimum absolute atomic E-state index is 0.105. The molecule has 2 aromatic carbocycles. The minimum Gasteiger partial charge on any atom is -0.323 e. The Morgan fingerprint density at radius 2 is 1.70 bits per heavy atom. The van der Waals surface area contributed by atoms with Gasteiger partial charge in [0.05, 0.1) is 17.0 Å². The maximum Gasteiger partial charge on any atom is 0.270 e. The molecule has 2 aliphatic rings. The van der Waals surface area contributed by atoms with Gasteiger partial charge in [0.1, 0.15) is 11.9 Å². The van der Waals surface area contributed by atoms with Crippen molar-refractivity contribution in [2.75, 3.05) is 4.90 Å². The molecule has 8 nitrogen and oxygen atoms in total. The average Bonchev–Trinajstić information content (AvgIpc) is 2.97. The molecule has 2 aromatic rings. The molecule has 1 atom stereocenters. The topological polar surface area (TPSA) is 101 Å². The van der Waals surface area contributed by atoms with Gasteiger partial charge in [-0.2, -0.15) is 0 Å². The van der Waals surface area contributed by atoms with E-state index < -0.39 is 34.5 Å². The van der Waals surface area contributed by atoms with Crippen LogP contribution in [-0.2, 0) is 9.59 Å². The number of imide groups is 1. The molecule has 0 radical (unpaired) electrons. The highest BCUT2D eigenvalue weighted by molar-refractivity contribution is 6.23. The number of carbonyl (C=O) groups is 3. The van der Waals surface area contributed by atoms with Crippen LogP contribution in [0.15, 0.2) is 48.5 Å². The lowest BCUT2D eigenvalue weighted by molar-refractivity contribution is -0.384. The van der Waals surface area contributed by atoms with E-state index in [9.17, 15) is 28.9 Å². The average molecular weight is 453 g/mol. The molecule has 1 saturated carbocycles. The van der Waals surface area contributed by atoms with E-state index in [1.165, 1.54) is 53.4 Å². The van der Waals surface area contributed by atoms with Crippen molar-refractivity contribution in [3.8, 4) is 0 Å². The van der Waals surface area contributed by atoms with E-state index >= 15 is 0 Å². The van der Waals surface area contributed by atoms with Gasteiger partial charge in [0, 0.05) is 23.7 Å². The summed E-state index contributed by atoms with van der Waals surface area (Å²) in [5, 5.41) is 11.2. The summed E-state index contributed by atoms with van der Waals surface area (Å²) in [6.45, 7) is 0. The number of nitro groups is 1. The van der Waals surface area contributed by atoms with Gasteiger partial charge in [-0.1, -0.05) is 31.7 Å². The van der Waals surface area contributed by atoms with Crippen molar-refractivity contribution in [2.24, 2.45) is 0 Å². The molecule has 33 heavy (non-hydrogen) atoms. The number of nitro benzene ring substituents is 1. The smallest absolute Gasteiger partial charge is 0.270 e. The normalized spacial score (nSPS) is 19.4. The Kier molecular flexibility index (Phi) is 6.48. The zero-order valence-electron chi connectivity index (χ0n) is 18.0. The Morgan fingerprint density at radius 1 is 1.03 bits per heavy atom. The number of hydrogen-bond acceptors (Lipinski definition) is 5. The van der Waals surface area contributed by atoms with Crippen molar-refractivity contribution in [1.82, 2.24) is 4.90 Å². The molecular formula is C24H24FN3O5. The van der Waals surface area contributed by atoms with E-state index in [-0.39, 0.29) is 29.4 Å². The van der Waals surface area contributed by atoms with E-state index in [1.807, 2.05) is 0 Å². The number of nitrogens with zero attached hydrogens (tertiary/aromatic N) is 3. The van der Waals surface area contributed by atoms with Crippen LogP contribution in [0.3, 0.4) is 0 Å². The number of rotatable bonds is 5. The van der Waals surface area contributed by atoms with Crippen LogP contribution in [0.2, 0.25) is 0 Å². The Morgan fingerprint density at radius 3 is 2.33 bits per heavy atom. The van der Waals surface area contributed by atoms with E-state index in [2.05, 4.69) is 0 Å². The summed E-state index contributed by atoms with van der Waals surface area (Å²) in [5.74, 6) is -2.01. The predicted molar refractivity (Wildman–Crippen MR) is 118 cm³/mol. The standard InChI is InChI=1S/C24H24FN3O5/c25-17-10-12-19(13-11-17)27-22(29)15-21(24(27)31)26(18-7-3-1-2-4-8-18)23(30)16-6-5-9-20(14-16)28(32)33/h5-6,9-14,18,21H,1-4,7-8,15H2. The third-order valence-electron chi connectivity index (χ3n) is 6.30. The number of non-ortho nitro benzene ring substituents is 1. The summed E-state index contributed by atoms with van der Waals surface area (Å²) in [6, 6.07) is 9.18. The fraction of sp³-hybridized carbons (Fsp3) is 0.375. The first kappa shape index (κ1) is 22.6. The highest BCUT2D eigenvalue weighted by Gasteiger charge is 2.46. The first-order valence-electron chi connectivity index (χ1n) is 11.1. The van der Waals surface area contributed by atoms with Gasteiger partial charge in [0.2, 0.25) is 5.91 Å². The molecule has 0 spiro atoms. The summed E-state index contributed by atoms with van der Waals surface area (Å²) >= 11 is 0. The molecule has 0 N–H and O–H groups in total. The van der Waals surface area contributed by atoms with Gasteiger partial charge in [0.25, 0.3) is 17.5 Å². The van der Waals surface area contributed by atoms with Gasteiger partial charge in [-0.05, 0) is 43.2 Å². The molecule has 4 rings (SSSR count). The van der Waals surface area contributed by atoms with Crippen LogP contribution < -0.4 is 4.90 Å². The Bertz CT molecular complexity index is 1080. The molecule has 1 aliphatic carbocycles. The molecule has 9 heteroatoms. The van der Waals surface area contributed by atoms with Crippen molar-refractivity contribution in [3.05, 3.63) is 70.0 Å². The quantitative estimate of drug-likeness (QED) is 0.292. The van der Waals surface area contributed by atoms with Gasteiger partial charge in [0.15, 0.2) is 0 Å². The zero-order valence-corrected chi connectivity index (χ0v) is 18.0. The molecule has 1 saturated heterocycles. The van der Waals surface area contributed by atoms with Crippen molar-refractivity contribution in [3.63, 3.8) is 0 Å². The Hall–Kier alpha value is -3.62. The first-order chi connectivity index (χ1) is 15.9. The second-order valence-corrected chi connectivity index (χ2v) is 8.43. The number of amides is 3. The summed E-state index contributed by atoms with van der Waals surface area (Å²) in [4.78, 5) is 52.9. The van der Waals surface area contributed by atoms with E-state index in [4.69, 9.17) is 0 Å². The molecule has 1 unspecified atom stereocenters. The third kappa shape index (κ3) is 4.62. The lowest BCUT2D eigenvalue weighted by atomic mass is 10.0. The zero-order chi connectivity index (χ0) is 23.5. The molecule has 1 aliphatic heterocycles. The minimum atomic E-state index is -1.02. The molecule has 3 amide bonds. The van der Waals surface area contributed by atoms with Gasteiger partial charge < -0.3 is 4.90 Å². The van der Waals surface area contributed by atoms with Crippen LogP contribution in [0.25, 0.3) is 0 Å². The second kappa shape index (κ2) is 9.48. The second-order valence-electron chi connectivity index (χ2n) is 8.43. The Labute approximate surface area is 190 Å². The largest absolute Gasteiger partial charge is 0.323 e. The lowest BCUT2D eigenvalue weighted by Gasteiger charge is -2.35. The van der Waals surface area contributed by atoms with Crippen LogP contribution in [-0.4, -0.2) is 39.6 Å². The summed E-state index contributed by atoms with van der Waals surface area (Å²) < 4.78 is 13.3. The number of benzene rings is 2. The Balaban J connectivity index is 1.70. The van der Waals surface area contributed by atoms with Crippen LogP contribution in [0.5, 0.6) is 0 Å². The highest BCUT2D eigenvalue weighted by atomic mass is 19.1. The number of anilines is 1. The third-order valence-corrected chi connectivity index (χ3v) is 6.30. The van der Waals surface area contributed by atoms with Gasteiger partial charge in [-0.15, -0.1) is 0 Å². The maximum absolute atomic E-state index is 13.6. The number of hydrogen-bond donors (Lipinski definition) is 0. The van der Waals surface area contributed by atoms with Crippen molar-refractivity contribution in [2.45, 2.75) is 57.0 Å². The van der Waals surface area contributed by atoms with E-state index in [0.29, 0.717) is 12.8 Å². The van der Waals surface area contributed by atoms with Gasteiger partial charge in [-0.25, -0.2) is 9.29 Å². The van der Waals surface area contributed by atoms with Gasteiger partial charge >= 0.3 is 0 Å². The van der Waals surface area contributed by atoms with E-state index in [0.717, 1.165) is 30.6 Å². The molecular weight excluding hydrogens is 429 g/mol. The van der Waals surface area contributed by atoms with Crippen LogP contribution in [0, 0.1) is 15.9 Å². The fourth-order valence-corrected chi connectivity index (χ4v) is 4.69. The molecule has 172 valence electrons. The van der Waals surface area contributed by atoms with Crippen LogP contribution in [0.4, 0.5) is 15.8 Å². The highest BCUT2D eigenvalue weighted by Crippen LogP contribution is 2.32. The van der Waals surface area contributed by atoms with Crippen molar-refractivity contribution < 1.29 is 23.7 Å². The lowest BCUT2D eigenvalue weighted by Crippen LogP contribution is -2.50. The summed E-state index contributed by atoms with van der Waals surface area (Å²) in [7, 11) is 0. The van der Waals surface area contributed by atoms with Gasteiger partial charge in [-0.3, -0.25) is 24.5 Å². The number of carbonyl (C=O) groups excluding carboxylic acids is 3.